The first-order valence-electron chi connectivity index (χ1n) is 9.50. The number of hydrogen-bond acceptors (Lipinski definition) is 7. The number of benzene rings is 1. The quantitative estimate of drug-likeness (QED) is 0.332. The summed E-state index contributed by atoms with van der Waals surface area (Å²) < 4.78 is 29.0. The van der Waals surface area contributed by atoms with Crippen LogP contribution in [0.4, 0.5) is 5.69 Å². The predicted octanol–water partition coefficient (Wildman–Crippen LogP) is 4.58. The van der Waals surface area contributed by atoms with E-state index in [2.05, 4.69) is 10.1 Å². The lowest BCUT2D eigenvalue weighted by Gasteiger charge is -2.19. The molecule has 0 N–H and O–H groups in total. The molecule has 160 valence electrons. The largest absolute Gasteiger partial charge is 0.287 e. The van der Waals surface area contributed by atoms with Crippen molar-refractivity contribution < 1.29 is 13.2 Å². The Labute approximate surface area is 192 Å². The normalized spacial score (nSPS) is 11.7. The van der Waals surface area contributed by atoms with E-state index in [0.717, 1.165) is 5.56 Å². The van der Waals surface area contributed by atoms with Gasteiger partial charge in [-0.05, 0) is 41.1 Å². The van der Waals surface area contributed by atoms with Crippen molar-refractivity contribution in [3.63, 3.8) is 0 Å². The standard InChI is InChI=1S/C22H16N4O3S3/c1-25(32(28,29)20-8-4-12-31-20)16-6-2-5-15(13-16)18-9-10-23-22-17(14-24-26(18)22)21(27)19-7-3-11-30-19/h2-14H,1H3. The van der Waals surface area contributed by atoms with Gasteiger partial charge in [0.25, 0.3) is 10.0 Å². The summed E-state index contributed by atoms with van der Waals surface area (Å²) in [4.78, 5) is 17.8. The second kappa shape index (κ2) is 7.97. The Morgan fingerprint density at radius 3 is 2.59 bits per heavy atom. The maximum atomic E-state index is 12.9. The Balaban J connectivity index is 1.56. The van der Waals surface area contributed by atoms with Crippen molar-refractivity contribution in [2.75, 3.05) is 11.4 Å². The molecule has 0 spiro atoms. The molecular weight excluding hydrogens is 464 g/mol. The third-order valence-electron chi connectivity index (χ3n) is 5.01. The van der Waals surface area contributed by atoms with Crippen LogP contribution in [-0.2, 0) is 10.0 Å². The Hall–Kier alpha value is -3.34. The van der Waals surface area contributed by atoms with Gasteiger partial charge in [-0.2, -0.15) is 5.10 Å². The van der Waals surface area contributed by atoms with Crippen LogP contribution in [0.3, 0.4) is 0 Å². The van der Waals surface area contributed by atoms with Crippen molar-refractivity contribution in [3.05, 3.63) is 88.2 Å². The number of nitrogens with zero attached hydrogens (tertiary/aromatic N) is 4. The van der Waals surface area contributed by atoms with Gasteiger partial charge in [-0.15, -0.1) is 22.7 Å². The van der Waals surface area contributed by atoms with E-state index < -0.39 is 10.0 Å². The lowest BCUT2D eigenvalue weighted by atomic mass is 10.1. The van der Waals surface area contributed by atoms with Gasteiger partial charge in [0.15, 0.2) is 5.65 Å². The molecule has 0 aliphatic carbocycles. The average Bonchev–Trinajstić information content (AvgIpc) is 3.59. The first kappa shape index (κ1) is 20.6. The Morgan fingerprint density at radius 2 is 1.84 bits per heavy atom. The fourth-order valence-electron chi connectivity index (χ4n) is 3.36. The van der Waals surface area contributed by atoms with E-state index in [1.165, 1.54) is 40.2 Å². The van der Waals surface area contributed by atoms with E-state index in [1.54, 1.807) is 58.6 Å². The summed E-state index contributed by atoms with van der Waals surface area (Å²) in [5, 5.41) is 7.98. The van der Waals surface area contributed by atoms with Crippen molar-refractivity contribution in [2.45, 2.75) is 4.21 Å². The molecule has 0 aliphatic rings. The van der Waals surface area contributed by atoms with Crippen LogP contribution in [0.2, 0.25) is 0 Å². The number of hydrogen-bond donors (Lipinski definition) is 0. The SMILES string of the molecule is CN(c1cccc(-c2ccnc3c(C(=O)c4cccs4)cnn23)c1)S(=O)(=O)c1cccs1. The Kier molecular flexibility index (Phi) is 5.12. The highest BCUT2D eigenvalue weighted by Gasteiger charge is 2.23. The number of carbonyl (C=O) groups excluding carboxylic acids is 1. The van der Waals surface area contributed by atoms with Crippen LogP contribution in [0.5, 0.6) is 0 Å². The minimum atomic E-state index is -3.65. The van der Waals surface area contributed by atoms with Crippen LogP contribution < -0.4 is 4.31 Å². The van der Waals surface area contributed by atoms with E-state index in [0.29, 0.717) is 27.5 Å². The van der Waals surface area contributed by atoms with Crippen LogP contribution in [-0.4, -0.2) is 35.8 Å². The molecule has 0 saturated heterocycles. The van der Waals surface area contributed by atoms with Gasteiger partial charge in [-0.3, -0.25) is 9.10 Å². The molecule has 0 saturated carbocycles. The fraction of sp³-hybridized carbons (Fsp3) is 0.0455. The van der Waals surface area contributed by atoms with Gasteiger partial charge in [0.2, 0.25) is 5.78 Å². The molecule has 0 atom stereocenters. The highest BCUT2D eigenvalue weighted by Crippen LogP contribution is 2.29. The van der Waals surface area contributed by atoms with Gasteiger partial charge in [-0.25, -0.2) is 17.9 Å². The summed E-state index contributed by atoms with van der Waals surface area (Å²) in [7, 11) is -2.12. The van der Waals surface area contributed by atoms with Gasteiger partial charge < -0.3 is 0 Å². The molecule has 32 heavy (non-hydrogen) atoms. The van der Waals surface area contributed by atoms with E-state index in [9.17, 15) is 13.2 Å². The molecule has 4 aromatic heterocycles. The minimum absolute atomic E-state index is 0.129. The van der Waals surface area contributed by atoms with Crippen molar-refractivity contribution >= 4 is 49.8 Å². The minimum Gasteiger partial charge on any atom is -0.287 e. The molecular formula is C22H16N4O3S3. The third-order valence-corrected chi connectivity index (χ3v) is 9.03. The van der Waals surface area contributed by atoms with E-state index in [1.807, 2.05) is 17.5 Å². The fourth-order valence-corrected chi connectivity index (χ4v) is 6.38. The van der Waals surface area contributed by atoms with Crippen molar-refractivity contribution in [3.8, 4) is 11.3 Å². The number of carbonyl (C=O) groups is 1. The first-order chi connectivity index (χ1) is 15.5. The third kappa shape index (κ3) is 3.42. The summed E-state index contributed by atoms with van der Waals surface area (Å²) in [6.45, 7) is 0. The lowest BCUT2D eigenvalue weighted by molar-refractivity contribution is 0.104. The van der Waals surface area contributed by atoms with Gasteiger partial charge in [0, 0.05) is 18.8 Å². The lowest BCUT2D eigenvalue weighted by Crippen LogP contribution is -2.25. The van der Waals surface area contributed by atoms with Crippen LogP contribution in [0.15, 0.2) is 82.0 Å². The van der Waals surface area contributed by atoms with Gasteiger partial charge >= 0.3 is 0 Å². The molecule has 0 radical (unpaired) electrons. The van der Waals surface area contributed by atoms with E-state index in [-0.39, 0.29) is 9.99 Å². The average molecular weight is 481 g/mol. The molecule has 4 heterocycles. The number of anilines is 1. The second-order valence-electron chi connectivity index (χ2n) is 6.89. The van der Waals surface area contributed by atoms with Gasteiger partial charge in [0.05, 0.1) is 28.0 Å². The Bertz CT molecular complexity index is 1520. The summed E-state index contributed by atoms with van der Waals surface area (Å²) in [6.07, 6.45) is 3.14. The Morgan fingerprint density at radius 1 is 1.03 bits per heavy atom. The molecule has 5 aromatic rings. The highest BCUT2D eigenvalue weighted by atomic mass is 32.2. The molecule has 0 bridgehead atoms. The van der Waals surface area contributed by atoms with Crippen molar-refractivity contribution in [1.29, 1.82) is 0 Å². The van der Waals surface area contributed by atoms with Crippen molar-refractivity contribution in [1.82, 2.24) is 14.6 Å². The van der Waals surface area contributed by atoms with E-state index in [4.69, 9.17) is 0 Å². The predicted molar refractivity (Wildman–Crippen MR) is 126 cm³/mol. The maximum Gasteiger partial charge on any atom is 0.273 e. The molecule has 0 aliphatic heterocycles. The highest BCUT2D eigenvalue weighted by molar-refractivity contribution is 7.94. The zero-order chi connectivity index (χ0) is 22.3. The molecule has 1 aromatic carbocycles. The van der Waals surface area contributed by atoms with Crippen LogP contribution >= 0.6 is 22.7 Å². The molecule has 5 rings (SSSR count). The summed E-state index contributed by atoms with van der Waals surface area (Å²) >= 11 is 2.55. The molecule has 7 nitrogen and oxygen atoms in total. The molecule has 0 amide bonds. The number of aromatic nitrogens is 3. The maximum absolute atomic E-state index is 12.9. The smallest absolute Gasteiger partial charge is 0.273 e. The molecule has 0 fully saturated rings. The molecule has 0 unspecified atom stereocenters. The number of fused-ring (bicyclic) bond motifs is 1. The summed E-state index contributed by atoms with van der Waals surface area (Å²) in [6, 6.07) is 15.9. The number of rotatable bonds is 6. The van der Waals surface area contributed by atoms with Crippen LogP contribution in [0, 0.1) is 0 Å². The zero-order valence-electron chi connectivity index (χ0n) is 16.7. The summed E-state index contributed by atoms with van der Waals surface area (Å²) in [5.74, 6) is -0.129. The van der Waals surface area contributed by atoms with Crippen molar-refractivity contribution in [2.24, 2.45) is 0 Å². The molecule has 10 heteroatoms. The zero-order valence-corrected chi connectivity index (χ0v) is 19.2. The number of sulfonamides is 1. The van der Waals surface area contributed by atoms with Crippen LogP contribution in [0.25, 0.3) is 16.9 Å². The topological polar surface area (TPSA) is 84.6 Å². The first-order valence-corrected chi connectivity index (χ1v) is 12.7. The van der Waals surface area contributed by atoms with E-state index >= 15 is 0 Å². The van der Waals surface area contributed by atoms with Gasteiger partial charge in [-0.1, -0.05) is 24.3 Å². The number of thiophene rings is 2. The summed E-state index contributed by atoms with van der Waals surface area (Å²) in [5.41, 5.74) is 2.84. The van der Waals surface area contributed by atoms with Crippen LogP contribution in [0.1, 0.15) is 15.2 Å². The monoisotopic (exact) mass is 480 g/mol. The second-order valence-corrected chi connectivity index (χ2v) is 11.0. The number of ketones is 1. The van der Waals surface area contributed by atoms with Gasteiger partial charge in [0.1, 0.15) is 4.21 Å².